The van der Waals surface area contributed by atoms with E-state index in [0.29, 0.717) is 11.4 Å². The lowest BCUT2D eigenvalue weighted by molar-refractivity contribution is 0.632. The summed E-state index contributed by atoms with van der Waals surface area (Å²) in [4.78, 5) is 0. The Bertz CT molecular complexity index is 692. The van der Waals surface area contributed by atoms with E-state index in [1.807, 2.05) is 25.2 Å². The fourth-order valence-corrected chi connectivity index (χ4v) is 2.34. The van der Waals surface area contributed by atoms with Crippen molar-refractivity contribution in [3.8, 4) is 0 Å². The molecule has 0 aliphatic heterocycles. The fraction of sp³-hybridized carbons (Fsp3) is 0.222. The smallest absolute Gasteiger partial charge is 0.146 e. The van der Waals surface area contributed by atoms with E-state index >= 15 is 0 Å². The summed E-state index contributed by atoms with van der Waals surface area (Å²) in [6.45, 7) is 4.19. The van der Waals surface area contributed by atoms with Gasteiger partial charge < -0.3 is 16.4 Å². The summed E-state index contributed by atoms with van der Waals surface area (Å²) >= 11 is 0. The van der Waals surface area contributed by atoms with Crippen molar-refractivity contribution in [1.29, 1.82) is 0 Å². The molecule has 0 heterocycles. The lowest BCUT2D eigenvalue weighted by atomic mass is 10.0. The highest BCUT2D eigenvalue weighted by atomic mass is 19.1. The van der Waals surface area contributed by atoms with Gasteiger partial charge in [-0.3, -0.25) is 0 Å². The van der Waals surface area contributed by atoms with Crippen LogP contribution in [0.25, 0.3) is 5.70 Å². The van der Waals surface area contributed by atoms with Gasteiger partial charge in [0.25, 0.3) is 0 Å². The molecule has 0 radical (unpaired) electrons. The average Bonchev–Trinajstić information content (AvgIpc) is 2.52. The third-order valence-corrected chi connectivity index (χ3v) is 3.68. The van der Waals surface area contributed by atoms with Crippen molar-refractivity contribution >= 4 is 22.8 Å². The second kappa shape index (κ2) is 6.98. The molecule has 3 nitrogen and oxygen atoms in total. The molecule has 0 saturated heterocycles. The van der Waals surface area contributed by atoms with Gasteiger partial charge in [-0.25, -0.2) is 4.39 Å². The van der Waals surface area contributed by atoms with Crippen LogP contribution in [0.15, 0.2) is 48.0 Å². The van der Waals surface area contributed by atoms with Crippen molar-refractivity contribution in [3.63, 3.8) is 0 Å². The average molecular weight is 299 g/mol. The predicted octanol–water partition coefficient (Wildman–Crippen LogP) is 4.51. The number of hydrogen-bond donors (Lipinski definition) is 3. The maximum Gasteiger partial charge on any atom is 0.146 e. The van der Waals surface area contributed by atoms with Crippen LogP contribution in [0.1, 0.15) is 25.8 Å². The van der Waals surface area contributed by atoms with Crippen molar-refractivity contribution in [2.24, 2.45) is 0 Å². The van der Waals surface area contributed by atoms with Crippen molar-refractivity contribution < 1.29 is 4.39 Å². The number of nitrogens with two attached hydrogens (primary N) is 1. The second-order valence-corrected chi connectivity index (χ2v) is 5.17. The molecule has 0 atom stereocenters. The number of halogens is 1. The zero-order chi connectivity index (χ0) is 16.1. The fourth-order valence-electron chi connectivity index (χ4n) is 2.34. The molecule has 22 heavy (non-hydrogen) atoms. The first-order valence-electron chi connectivity index (χ1n) is 7.35. The van der Waals surface area contributed by atoms with Crippen molar-refractivity contribution in [1.82, 2.24) is 5.32 Å². The van der Waals surface area contributed by atoms with E-state index in [0.717, 1.165) is 23.4 Å². The maximum atomic E-state index is 13.7. The molecule has 0 unspecified atom stereocenters. The van der Waals surface area contributed by atoms with E-state index in [2.05, 4.69) is 24.5 Å². The van der Waals surface area contributed by atoms with Crippen LogP contribution < -0.4 is 16.4 Å². The molecular formula is C18H22FN3. The molecule has 0 fully saturated rings. The summed E-state index contributed by atoms with van der Waals surface area (Å²) in [5.74, 6) is -0.289. The zero-order valence-corrected chi connectivity index (χ0v) is 13.2. The molecule has 4 heteroatoms. The third-order valence-electron chi connectivity index (χ3n) is 3.68. The Hall–Kier alpha value is -2.49. The third kappa shape index (κ3) is 3.39. The number of nitrogen functional groups attached to an aromatic ring is 1. The molecule has 0 aliphatic carbocycles. The lowest BCUT2D eigenvalue weighted by Crippen LogP contribution is -2.09. The Morgan fingerprint density at radius 1 is 1.18 bits per heavy atom. The van der Waals surface area contributed by atoms with E-state index in [9.17, 15) is 4.39 Å². The van der Waals surface area contributed by atoms with Gasteiger partial charge in [0, 0.05) is 29.7 Å². The van der Waals surface area contributed by atoms with E-state index < -0.39 is 0 Å². The first-order chi connectivity index (χ1) is 10.6. The summed E-state index contributed by atoms with van der Waals surface area (Å²) < 4.78 is 13.7. The Kier molecular flexibility index (Phi) is 5.04. The van der Waals surface area contributed by atoms with Crippen LogP contribution in [-0.2, 0) is 0 Å². The van der Waals surface area contributed by atoms with E-state index in [-0.39, 0.29) is 5.82 Å². The van der Waals surface area contributed by atoms with Gasteiger partial charge in [0.05, 0.1) is 5.69 Å². The lowest BCUT2D eigenvalue weighted by Gasteiger charge is -2.15. The number of nitrogens with one attached hydrogen (secondary N) is 2. The molecule has 4 N–H and O–H groups in total. The number of anilines is 3. The van der Waals surface area contributed by atoms with E-state index in [1.54, 1.807) is 18.2 Å². The van der Waals surface area contributed by atoms with Crippen molar-refractivity contribution in [2.75, 3.05) is 18.1 Å². The highest BCUT2D eigenvalue weighted by Gasteiger charge is 2.09. The summed E-state index contributed by atoms with van der Waals surface area (Å²) in [5.41, 5.74) is 11.3. The molecule has 2 rings (SSSR count). The van der Waals surface area contributed by atoms with Gasteiger partial charge >= 0.3 is 0 Å². The summed E-state index contributed by atoms with van der Waals surface area (Å²) in [6, 6.07) is 12.2. The Morgan fingerprint density at radius 3 is 2.50 bits per heavy atom. The van der Waals surface area contributed by atoms with Crippen LogP contribution in [-0.4, -0.2) is 7.05 Å². The molecule has 116 valence electrons. The minimum Gasteiger partial charge on any atom is -0.398 e. The van der Waals surface area contributed by atoms with E-state index in [4.69, 9.17) is 5.73 Å². The topological polar surface area (TPSA) is 50.1 Å². The number of allylic oxidation sites excluding steroid dienone is 1. The Balaban J connectivity index is 2.33. The summed E-state index contributed by atoms with van der Waals surface area (Å²) in [7, 11) is 1.89. The second-order valence-electron chi connectivity index (χ2n) is 5.17. The van der Waals surface area contributed by atoms with Gasteiger partial charge in [-0.15, -0.1) is 0 Å². The van der Waals surface area contributed by atoms with Gasteiger partial charge in [-0.2, -0.15) is 0 Å². The van der Waals surface area contributed by atoms with Gasteiger partial charge in [-0.1, -0.05) is 19.1 Å². The van der Waals surface area contributed by atoms with Gasteiger partial charge in [0.15, 0.2) is 0 Å². The molecule has 0 amide bonds. The molecule has 2 aromatic rings. The molecular weight excluding hydrogens is 277 g/mol. The molecule has 0 saturated carbocycles. The first kappa shape index (κ1) is 15.9. The standard InChI is InChI=1S/C18H22FN3/c1-4-12(2)18(21-3)14-10-9-13(11-16(14)20)22-17-8-6-5-7-15(17)19/h5-11,21-22H,4,20H2,1-3H3. The van der Waals surface area contributed by atoms with Crippen LogP contribution >= 0.6 is 0 Å². The van der Waals surface area contributed by atoms with Crippen LogP contribution in [0.4, 0.5) is 21.5 Å². The zero-order valence-electron chi connectivity index (χ0n) is 13.2. The predicted molar refractivity (Wildman–Crippen MR) is 92.5 cm³/mol. The maximum absolute atomic E-state index is 13.7. The van der Waals surface area contributed by atoms with Crippen molar-refractivity contribution in [3.05, 3.63) is 59.4 Å². The molecule has 0 aromatic heterocycles. The van der Waals surface area contributed by atoms with Crippen molar-refractivity contribution in [2.45, 2.75) is 20.3 Å². The quantitative estimate of drug-likeness (QED) is 0.712. The highest BCUT2D eigenvalue weighted by Crippen LogP contribution is 2.28. The Morgan fingerprint density at radius 2 is 1.91 bits per heavy atom. The SMILES string of the molecule is CCC(C)=C(NC)c1ccc(Nc2ccccc2F)cc1N. The molecule has 0 spiro atoms. The Labute approximate surface area is 131 Å². The molecule has 2 aromatic carbocycles. The van der Waals surface area contributed by atoms with Gasteiger partial charge in [0.2, 0.25) is 0 Å². The summed E-state index contributed by atoms with van der Waals surface area (Å²) in [6.07, 6.45) is 0.949. The number of para-hydroxylation sites is 1. The monoisotopic (exact) mass is 299 g/mol. The number of rotatable bonds is 5. The number of benzene rings is 2. The normalized spacial score (nSPS) is 11.8. The van der Waals surface area contributed by atoms with Crippen LogP contribution in [0.5, 0.6) is 0 Å². The van der Waals surface area contributed by atoms with Gasteiger partial charge in [0.1, 0.15) is 5.82 Å². The summed E-state index contributed by atoms with van der Waals surface area (Å²) in [5, 5.41) is 6.26. The van der Waals surface area contributed by atoms with Crippen LogP contribution in [0, 0.1) is 5.82 Å². The molecule has 0 bridgehead atoms. The minimum absolute atomic E-state index is 0.289. The van der Waals surface area contributed by atoms with E-state index in [1.165, 1.54) is 11.6 Å². The minimum atomic E-state index is -0.289. The number of hydrogen-bond acceptors (Lipinski definition) is 3. The molecule has 0 aliphatic rings. The first-order valence-corrected chi connectivity index (χ1v) is 7.35. The van der Waals surface area contributed by atoms with Gasteiger partial charge in [-0.05, 0) is 49.2 Å². The highest BCUT2D eigenvalue weighted by molar-refractivity contribution is 5.79. The van der Waals surface area contributed by atoms with Crippen LogP contribution in [0.3, 0.4) is 0 Å². The van der Waals surface area contributed by atoms with Crippen LogP contribution in [0.2, 0.25) is 0 Å². The largest absolute Gasteiger partial charge is 0.398 e.